The Morgan fingerprint density at radius 2 is 2.16 bits per heavy atom. The summed E-state index contributed by atoms with van der Waals surface area (Å²) in [7, 11) is 0. The van der Waals surface area contributed by atoms with Crippen LogP contribution in [-0.2, 0) is 6.42 Å². The Labute approximate surface area is 111 Å². The fourth-order valence-electron chi connectivity index (χ4n) is 2.74. The van der Waals surface area contributed by atoms with Crippen LogP contribution in [0.2, 0.25) is 0 Å². The summed E-state index contributed by atoms with van der Waals surface area (Å²) in [5.41, 5.74) is 2.53. The number of H-pyrrole nitrogens is 1. The summed E-state index contributed by atoms with van der Waals surface area (Å²) >= 11 is 0. The van der Waals surface area contributed by atoms with Gasteiger partial charge in [-0.25, -0.2) is 0 Å². The molecule has 1 aliphatic rings. The molecule has 1 heterocycles. The first-order chi connectivity index (χ1) is 9.16. The highest BCUT2D eigenvalue weighted by molar-refractivity contribution is 5.37. The van der Waals surface area contributed by atoms with Crippen molar-refractivity contribution in [1.29, 1.82) is 0 Å². The third kappa shape index (κ3) is 2.03. The molecule has 4 nitrogen and oxygen atoms in total. The smallest absolute Gasteiger partial charge is 0.257 e. The quantitative estimate of drug-likeness (QED) is 0.822. The summed E-state index contributed by atoms with van der Waals surface area (Å²) in [6.45, 7) is 1.57. The van der Waals surface area contributed by atoms with Crippen molar-refractivity contribution in [3.05, 3.63) is 57.1 Å². The van der Waals surface area contributed by atoms with Crippen LogP contribution in [0.1, 0.15) is 41.3 Å². The molecular weight excluding hydrogens is 240 g/mol. The number of nitrogens with one attached hydrogen (secondary N) is 1. The molecule has 3 rings (SSSR count). The Bertz CT molecular complexity index is 676. The number of rotatable bonds is 1. The fraction of sp³-hybridized carbons (Fsp3) is 0.333. The van der Waals surface area contributed by atoms with Crippen molar-refractivity contribution in [3.8, 4) is 5.88 Å². The average molecular weight is 256 g/mol. The number of hydrogen-bond acceptors (Lipinski definition) is 3. The highest BCUT2D eigenvalue weighted by atomic mass is 16.3. The first-order valence-electron chi connectivity index (χ1n) is 6.54. The zero-order chi connectivity index (χ0) is 13.4. The minimum Gasteiger partial charge on any atom is -0.493 e. The third-order valence-electron chi connectivity index (χ3n) is 3.84. The van der Waals surface area contributed by atoms with Crippen LogP contribution < -0.4 is 5.56 Å². The molecule has 1 aliphatic carbocycles. The molecule has 0 amide bonds. The molecular formula is C15H16N2O2. The zero-order valence-corrected chi connectivity index (χ0v) is 10.8. The molecule has 98 valence electrons. The minimum atomic E-state index is -0.259. The summed E-state index contributed by atoms with van der Waals surface area (Å²) in [6, 6.07) is 8.23. The van der Waals surface area contributed by atoms with Crippen molar-refractivity contribution in [2.75, 3.05) is 0 Å². The second-order valence-electron chi connectivity index (χ2n) is 5.04. The van der Waals surface area contributed by atoms with E-state index in [1.807, 2.05) is 12.1 Å². The highest BCUT2D eigenvalue weighted by Gasteiger charge is 2.24. The Morgan fingerprint density at radius 3 is 2.95 bits per heavy atom. The molecule has 2 N–H and O–H groups in total. The maximum atomic E-state index is 11.8. The molecule has 1 aromatic heterocycles. The van der Waals surface area contributed by atoms with Gasteiger partial charge >= 0.3 is 0 Å². The van der Waals surface area contributed by atoms with Crippen molar-refractivity contribution in [2.24, 2.45) is 0 Å². The molecule has 0 spiro atoms. The zero-order valence-electron chi connectivity index (χ0n) is 10.8. The lowest BCUT2D eigenvalue weighted by molar-refractivity contribution is 0.438. The monoisotopic (exact) mass is 256 g/mol. The number of aryl methyl sites for hydroxylation is 1. The van der Waals surface area contributed by atoms with Gasteiger partial charge in [0.05, 0.1) is 5.56 Å². The largest absolute Gasteiger partial charge is 0.493 e. The number of benzene rings is 1. The maximum absolute atomic E-state index is 11.8. The van der Waals surface area contributed by atoms with Gasteiger partial charge in [-0.1, -0.05) is 24.3 Å². The first kappa shape index (κ1) is 12.0. The van der Waals surface area contributed by atoms with Crippen LogP contribution in [0.5, 0.6) is 5.88 Å². The molecule has 0 aliphatic heterocycles. The van der Waals surface area contributed by atoms with Crippen LogP contribution in [0.15, 0.2) is 29.1 Å². The summed E-state index contributed by atoms with van der Waals surface area (Å²) < 4.78 is 0. The standard InChI is InChI=1S/C15H16N2O2/c1-9-14(18)16-13(17-15(9)19)12-8-4-6-10-5-2-3-7-11(10)12/h2-3,5,7,12H,4,6,8H2,1H3,(H2,16,17,18,19). The number of hydrogen-bond donors (Lipinski definition) is 2. The second-order valence-corrected chi connectivity index (χ2v) is 5.04. The fourth-order valence-corrected chi connectivity index (χ4v) is 2.74. The van der Waals surface area contributed by atoms with Gasteiger partial charge in [-0.15, -0.1) is 0 Å². The van der Waals surface area contributed by atoms with E-state index < -0.39 is 0 Å². The second kappa shape index (κ2) is 4.53. The van der Waals surface area contributed by atoms with Gasteiger partial charge in [-0.05, 0) is 37.3 Å². The van der Waals surface area contributed by atoms with Crippen LogP contribution in [0.3, 0.4) is 0 Å². The van der Waals surface area contributed by atoms with E-state index in [4.69, 9.17) is 0 Å². The van der Waals surface area contributed by atoms with Crippen molar-refractivity contribution in [3.63, 3.8) is 0 Å². The van der Waals surface area contributed by atoms with Crippen molar-refractivity contribution >= 4 is 0 Å². The third-order valence-corrected chi connectivity index (χ3v) is 3.84. The normalized spacial score (nSPS) is 18.1. The predicted octanol–water partition coefficient (Wildman–Crippen LogP) is 2.25. The van der Waals surface area contributed by atoms with E-state index in [9.17, 15) is 9.90 Å². The Balaban J connectivity index is 2.12. The molecule has 1 unspecified atom stereocenters. The molecule has 19 heavy (non-hydrogen) atoms. The lowest BCUT2D eigenvalue weighted by atomic mass is 9.82. The van der Waals surface area contributed by atoms with E-state index in [2.05, 4.69) is 22.1 Å². The van der Waals surface area contributed by atoms with E-state index in [0.717, 1.165) is 19.3 Å². The number of aromatic hydroxyl groups is 1. The lowest BCUT2D eigenvalue weighted by Crippen LogP contribution is -2.20. The van der Waals surface area contributed by atoms with Gasteiger partial charge in [0.1, 0.15) is 5.82 Å². The molecule has 0 bridgehead atoms. The SMILES string of the molecule is Cc1c(O)nc(C2CCCc3ccccc32)[nH]c1=O. The molecule has 0 saturated carbocycles. The molecule has 1 atom stereocenters. The van der Waals surface area contributed by atoms with E-state index in [1.54, 1.807) is 6.92 Å². The van der Waals surface area contributed by atoms with Crippen molar-refractivity contribution in [2.45, 2.75) is 32.1 Å². The average Bonchev–Trinajstić information content (AvgIpc) is 2.43. The van der Waals surface area contributed by atoms with Gasteiger partial charge < -0.3 is 10.1 Å². The van der Waals surface area contributed by atoms with Crippen LogP contribution in [0.25, 0.3) is 0 Å². The Kier molecular flexibility index (Phi) is 2.85. The highest BCUT2D eigenvalue weighted by Crippen LogP contribution is 2.35. The molecule has 0 saturated heterocycles. The number of aromatic amines is 1. The van der Waals surface area contributed by atoms with Gasteiger partial charge in [0.15, 0.2) is 0 Å². The van der Waals surface area contributed by atoms with E-state index in [1.165, 1.54) is 11.1 Å². The van der Waals surface area contributed by atoms with Gasteiger partial charge in [0.25, 0.3) is 5.56 Å². The summed E-state index contributed by atoms with van der Waals surface area (Å²) in [5, 5.41) is 9.73. The number of aromatic nitrogens is 2. The van der Waals surface area contributed by atoms with Gasteiger partial charge in [0, 0.05) is 5.92 Å². The molecule has 2 aromatic rings. The van der Waals surface area contributed by atoms with Gasteiger partial charge in [0.2, 0.25) is 5.88 Å². The van der Waals surface area contributed by atoms with Crippen LogP contribution >= 0.6 is 0 Å². The topological polar surface area (TPSA) is 66.0 Å². The summed E-state index contributed by atoms with van der Waals surface area (Å²) in [6.07, 6.45) is 3.08. The first-order valence-corrected chi connectivity index (χ1v) is 6.54. The van der Waals surface area contributed by atoms with E-state index in [0.29, 0.717) is 5.82 Å². The van der Waals surface area contributed by atoms with Crippen LogP contribution in [0, 0.1) is 6.92 Å². The molecule has 0 fully saturated rings. The molecule has 1 aromatic carbocycles. The summed E-state index contributed by atoms with van der Waals surface area (Å²) in [5.74, 6) is 0.478. The summed E-state index contributed by atoms with van der Waals surface area (Å²) in [4.78, 5) is 18.7. The molecule has 4 heteroatoms. The van der Waals surface area contributed by atoms with Crippen LogP contribution in [0.4, 0.5) is 0 Å². The van der Waals surface area contributed by atoms with E-state index >= 15 is 0 Å². The maximum Gasteiger partial charge on any atom is 0.257 e. The van der Waals surface area contributed by atoms with Crippen molar-refractivity contribution in [1.82, 2.24) is 9.97 Å². The minimum absolute atomic E-state index is 0.0733. The Hall–Kier alpha value is -2.10. The van der Waals surface area contributed by atoms with Crippen molar-refractivity contribution < 1.29 is 5.11 Å². The van der Waals surface area contributed by atoms with E-state index in [-0.39, 0.29) is 22.9 Å². The predicted molar refractivity (Wildman–Crippen MR) is 72.5 cm³/mol. The Morgan fingerprint density at radius 1 is 1.37 bits per heavy atom. The molecule has 0 radical (unpaired) electrons. The van der Waals surface area contributed by atoms with Gasteiger partial charge in [-0.2, -0.15) is 4.98 Å². The lowest BCUT2D eigenvalue weighted by Gasteiger charge is -2.24. The number of fused-ring (bicyclic) bond motifs is 1. The van der Waals surface area contributed by atoms with Gasteiger partial charge in [-0.3, -0.25) is 4.79 Å². The van der Waals surface area contributed by atoms with Crippen LogP contribution in [-0.4, -0.2) is 15.1 Å². The number of nitrogens with zero attached hydrogens (tertiary/aromatic N) is 1.